The Balaban J connectivity index is 1.32. The number of furan rings is 1. The first-order valence-corrected chi connectivity index (χ1v) is 10.2. The van der Waals surface area contributed by atoms with Gasteiger partial charge in [0.05, 0.1) is 11.8 Å². The maximum Gasteiger partial charge on any atom is 0.261 e. The van der Waals surface area contributed by atoms with Crippen molar-refractivity contribution in [2.75, 3.05) is 28.2 Å². The molecule has 0 saturated heterocycles. The molecule has 2 aromatic carbocycles. The molecule has 156 valence electrons. The number of hydrogen-bond donors (Lipinski definition) is 1. The Hall–Kier alpha value is -3.87. The number of rotatable bonds is 3. The number of nitrogens with one attached hydrogen (secondary N) is 1. The Morgan fingerprint density at radius 2 is 1.58 bits per heavy atom. The van der Waals surface area contributed by atoms with Crippen molar-refractivity contribution in [3.63, 3.8) is 0 Å². The molecule has 3 heterocycles. The third-order valence-corrected chi connectivity index (χ3v) is 5.86. The Morgan fingerprint density at radius 1 is 0.871 bits per heavy atom. The number of carbonyl (C=O) groups excluding carboxylic acids is 3. The molecule has 5 rings (SSSR count). The standard InChI is InChI=1S/C24H21N3O4/c1-15(28)26-9-6-16-12-18(2-4-21(16)26)23(29)25-20-3-5-22-17(13-20)7-10-27(22)24(30)19-8-11-31-14-19/h2-5,8,11-14H,6-7,9-10H2,1H3,(H,25,29). The minimum Gasteiger partial charge on any atom is -0.472 e. The van der Waals surface area contributed by atoms with Crippen molar-refractivity contribution < 1.29 is 18.8 Å². The first kappa shape index (κ1) is 19.1. The van der Waals surface area contributed by atoms with Gasteiger partial charge in [-0.2, -0.15) is 0 Å². The van der Waals surface area contributed by atoms with Crippen molar-refractivity contribution >= 4 is 34.8 Å². The molecule has 2 aliphatic heterocycles. The number of fused-ring (bicyclic) bond motifs is 2. The van der Waals surface area contributed by atoms with Crippen LogP contribution in [-0.4, -0.2) is 30.8 Å². The van der Waals surface area contributed by atoms with Gasteiger partial charge in [0.2, 0.25) is 5.91 Å². The largest absolute Gasteiger partial charge is 0.472 e. The van der Waals surface area contributed by atoms with Crippen LogP contribution in [0.2, 0.25) is 0 Å². The molecule has 1 aromatic heterocycles. The van der Waals surface area contributed by atoms with Crippen molar-refractivity contribution in [3.05, 3.63) is 77.2 Å². The molecule has 3 aromatic rings. The molecule has 0 atom stereocenters. The normalized spacial score (nSPS) is 14.4. The molecule has 1 N–H and O–H groups in total. The van der Waals surface area contributed by atoms with Crippen LogP contribution in [0.25, 0.3) is 0 Å². The van der Waals surface area contributed by atoms with Gasteiger partial charge >= 0.3 is 0 Å². The van der Waals surface area contributed by atoms with E-state index in [0.29, 0.717) is 29.9 Å². The minimum atomic E-state index is -0.201. The monoisotopic (exact) mass is 415 g/mol. The van der Waals surface area contributed by atoms with Gasteiger partial charge in [-0.3, -0.25) is 14.4 Å². The maximum absolute atomic E-state index is 12.8. The van der Waals surface area contributed by atoms with E-state index >= 15 is 0 Å². The Labute approximate surface area is 179 Å². The maximum atomic E-state index is 12.8. The van der Waals surface area contributed by atoms with Gasteiger partial charge < -0.3 is 19.5 Å². The Morgan fingerprint density at radius 3 is 2.32 bits per heavy atom. The molecule has 0 radical (unpaired) electrons. The number of nitrogens with zero attached hydrogens (tertiary/aromatic N) is 2. The number of amides is 3. The molecule has 31 heavy (non-hydrogen) atoms. The SMILES string of the molecule is CC(=O)N1CCc2cc(C(=O)Nc3ccc4c(c3)CCN4C(=O)c3ccoc3)ccc21. The second kappa shape index (κ2) is 7.43. The van der Waals surface area contributed by atoms with E-state index in [1.165, 1.54) is 12.5 Å². The first-order valence-electron chi connectivity index (χ1n) is 10.2. The Kier molecular flexibility index (Phi) is 4.58. The second-order valence-corrected chi connectivity index (χ2v) is 7.78. The highest BCUT2D eigenvalue weighted by atomic mass is 16.3. The summed E-state index contributed by atoms with van der Waals surface area (Å²) in [4.78, 5) is 40.6. The van der Waals surface area contributed by atoms with E-state index in [2.05, 4.69) is 5.32 Å². The predicted octanol–water partition coefficient (Wildman–Crippen LogP) is 3.64. The molecular formula is C24H21N3O4. The summed E-state index contributed by atoms with van der Waals surface area (Å²) >= 11 is 0. The van der Waals surface area contributed by atoms with Gasteiger partial charge in [0, 0.05) is 42.6 Å². The van der Waals surface area contributed by atoms with Crippen molar-refractivity contribution in [2.24, 2.45) is 0 Å². The summed E-state index contributed by atoms with van der Waals surface area (Å²) < 4.78 is 5.02. The zero-order chi connectivity index (χ0) is 21.5. The van der Waals surface area contributed by atoms with Crippen LogP contribution in [0.3, 0.4) is 0 Å². The smallest absolute Gasteiger partial charge is 0.261 e. The van der Waals surface area contributed by atoms with Crippen LogP contribution in [0, 0.1) is 0 Å². The quantitative estimate of drug-likeness (QED) is 0.708. The summed E-state index contributed by atoms with van der Waals surface area (Å²) in [6.45, 7) is 2.79. The van der Waals surface area contributed by atoms with Crippen LogP contribution in [0.5, 0.6) is 0 Å². The number of carbonyl (C=O) groups is 3. The third kappa shape index (κ3) is 3.38. The van der Waals surface area contributed by atoms with Crippen molar-refractivity contribution in [1.29, 1.82) is 0 Å². The van der Waals surface area contributed by atoms with Crippen molar-refractivity contribution in [3.8, 4) is 0 Å². The summed E-state index contributed by atoms with van der Waals surface area (Å²) in [6, 6.07) is 12.7. The molecule has 7 heteroatoms. The molecule has 2 aliphatic rings. The van der Waals surface area contributed by atoms with Crippen molar-refractivity contribution in [2.45, 2.75) is 19.8 Å². The highest BCUT2D eigenvalue weighted by molar-refractivity contribution is 6.08. The van der Waals surface area contributed by atoms with E-state index in [1.54, 1.807) is 28.9 Å². The minimum absolute atomic E-state index is 0.00869. The zero-order valence-electron chi connectivity index (χ0n) is 17.1. The van der Waals surface area contributed by atoms with Gasteiger partial charge in [-0.1, -0.05) is 0 Å². The second-order valence-electron chi connectivity index (χ2n) is 7.78. The highest BCUT2D eigenvalue weighted by Gasteiger charge is 2.27. The van der Waals surface area contributed by atoms with E-state index in [9.17, 15) is 14.4 Å². The number of benzene rings is 2. The first-order chi connectivity index (χ1) is 15.0. The lowest BCUT2D eigenvalue weighted by atomic mass is 10.1. The molecule has 0 fully saturated rings. The van der Waals surface area contributed by atoms with E-state index < -0.39 is 0 Å². The molecule has 7 nitrogen and oxygen atoms in total. The summed E-state index contributed by atoms with van der Waals surface area (Å²) in [5.74, 6) is -0.287. The summed E-state index contributed by atoms with van der Waals surface area (Å²) in [5, 5.41) is 2.95. The number of hydrogen-bond acceptors (Lipinski definition) is 4. The van der Waals surface area contributed by atoms with Gasteiger partial charge in [0.1, 0.15) is 6.26 Å². The van der Waals surface area contributed by atoms with Gasteiger partial charge in [0.15, 0.2) is 0 Å². The molecule has 0 bridgehead atoms. The van der Waals surface area contributed by atoms with Gasteiger partial charge in [-0.25, -0.2) is 0 Å². The highest BCUT2D eigenvalue weighted by Crippen LogP contribution is 2.32. The van der Waals surface area contributed by atoms with Gasteiger partial charge in [-0.05, 0) is 66.4 Å². The van der Waals surface area contributed by atoms with E-state index in [4.69, 9.17) is 4.42 Å². The molecule has 0 spiro atoms. The van der Waals surface area contributed by atoms with Crippen LogP contribution in [0.1, 0.15) is 38.8 Å². The van der Waals surface area contributed by atoms with Gasteiger partial charge in [0.25, 0.3) is 11.8 Å². The summed E-state index contributed by atoms with van der Waals surface area (Å²) in [7, 11) is 0. The molecule has 0 unspecified atom stereocenters. The van der Waals surface area contributed by atoms with Crippen LogP contribution in [0.4, 0.5) is 17.1 Å². The van der Waals surface area contributed by atoms with Crippen LogP contribution in [-0.2, 0) is 17.6 Å². The van der Waals surface area contributed by atoms with Gasteiger partial charge in [-0.15, -0.1) is 0 Å². The third-order valence-electron chi connectivity index (χ3n) is 5.86. The lowest BCUT2D eigenvalue weighted by molar-refractivity contribution is -0.116. The van der Waals surface area contributed by atoms with E-state index in [1.807, 2.05) is 30.3 Å². The average Bonchev–Trinajstić information content (AvgIpc) is 3.51. The summed E-state index contributed by atoms with van der Waals surface area (Å²) in [5.41, 5.74) is 5.51. The fourth-order valence-electron chi connectivity index (χ4n) is 4.31. The summed E-state index contributed by atoms with van der Waals surface area (Å²) in [6.07, 6.45) is 4.40. The lowest BCUT2D eigenvalue weighted by Crippen LogP contribution is -2.28. The van der Waals surface area contributed by atoms with Crippen LogP contribution >= 0.6 is 0 Å². The molecule has 0 aliphatic carbocycles. The average molecular weight is 415 g/mol. The van der Waals surface area contributed by atoms with Crippen LogP contribution in [0.15, 0.2) is 59.4 Å². The predicted molar refractivity (Wildman–Crippen MR) is 117 cm³/mol. The van der Waals surface area contributed by atoms with Crippen LogP contribution < -0.4 is 15.1 Å². The van der Waals surface area contributed by atoms with Crippen molar-refractivity contribution in [1.82, 2.24) is 0 Å². The Bertz CT molecular complexity index is 1200. The van der Waals surface area contributed by atoms with E-state index in [0.717, 1.165) is 35.3 Å². The molecular weight excluding hydrogens is 394 g/mol. The number of anilines is 3. The molecule has 3 amide bonds. The fraction of sp³-hybridized carbons (Fsp3) is 0.208. The van der Waals surface area contributed by atoms with E-state index in [-0.39, 0.29) is 17.7 Å². The lowest BCUT2D eigenvalue weighted by Gasteiger charge is -2.17. The molecule has 0 saturated carbocycles. The topological polar surface area (TPSA) is 82.9 Å². The fourth-order valence-corrected chi connectivity index (χ4v) is 4.31. The zero-order valence-corrected chi connectivity index (χ0v) is 17.1.